The maximum absolute atomic E-state index is 7.32. The van der Waals surface area contributed by atoms with Gasteiger partial charge in [-0.1, -0.05) is 55.9 Å². The van der Waals surface area contributed by atoms with E-state index in [-0.39, 0.29) is 5.92 Å². The Morgan fingerprint density at radius 2 is 2.00 bits per heavy atom. The van der Waals surface area contributed by atoms with Gasteiger partial charge in [-0.15, -0.1) is 0 Å². The quantitative estimate of drug-likeness (QED) is 0.592. The van der Waals surface area contributed by atoms with E-state index in [1.807, 2.05) is 0 Å². The molecule has 1 heteroatoms. The Kier molecular flexibility index (Phi) is 4.51. The fraction of sp³-hybridized carbons (Fsp3) is 1.00. The van der Waals surface area contributed by atoms with Crippen LogP contribution in [0.4, 0.5) is 0 Å². The zero-order valence-corrected chi connectivity index (χ0v) is 9.15. The molecule has 0 aliphatic carbocycles. The molecule has 0 N–H and O–H groups in total. The summed E-state index contributed by atoms with van der Waals surface area (Å²) in [4.78, 5) is 0. The first kappa shape index (κ1) is 6.94. The first-order valence-corrected chi connectivity index (χ1v) is 5.59. The van der Waals surface area contributed by atoms with Crippen LogP contribution in [0, 0.1) is 11.8 Å². The molecule has 0 rings (SSSR count). The van der Waals surface area contributed by atoms with Crippen molar-refractivity contribution in [2.45, 2.75) is 46.4 Å². The Balaban J connectivity index is 3.74. The lowest BCUT2D eigenvalue weighted by atomic mass is 9.98. The highest BCUT2D eigenvalue weighted by Crippen LogP contribution is 2.15. The Bertz CT molecular complexity index is 145. The molecule has 0 aromatic heterocycles. The van der Waals surface area contributed by atoms with Crippen LogP contribution in [0.25, 0.3) is 0 Å². The van der Waals surface area contributed by atoms with Crippen molar-refractivity contribution in [1.29, 1.82) is 0 Å². The molecule has 2 unspecified atom stereocenters. The minimum atomic E-state index is -1.79. The molecule has 0 nitrogen and oxygen atoms in total. The van der Waals surface area contributed by atoms with Gasteiger partial charge in [0.25, 0.3) is 0 Å². The number of rotatable bonds is 6. The molecule has 0 aromatic rings. The summed E-state index contributed by atoms with van der Waals surface area (Å²) in [6, 6.07) is 0. The average Bonchev–Trinajstić information content (AvgIpc) is 2.09. The topological polar surface area (TPSA) is 0 Å². The minimum Gasteiger partial charge on any atom is -0.0925 e. The lowest BCUT2D eigenvalue weighted by Crippen LogP contribution is -1.98. The summed E-state index contributed by atoms with van der Waals surface area (Å²) < 4.78 is 22.0. The Labute approximate surface area is 84.1 Å². The standard InChI is InChI=1S/C10H21Br/c1-4-9(2)6-5-7-10(3)8-11/h9-10H,4-8H2,1-3H3/i3D3. The van der Waals surface area contributed by atoms with Gasteiger partial charge in [0, 0.05) is 9.44 Å². The third-order valence-electron chi connectivity index (χ3n) is 2.13. The third-order valence-corrected chi connectivity index (χ3v) is 2.91. The van der Waals surface area contributed by atoms with Crippen molar-refractivity contribution in [2.24, 2.45) is 11.8 Å². The fourth-order valence-corrected chi connectivity index (χ4v) is 1.32. The van der Waals surface area contributed by atoms with E-state index in [9.17, 15) is 0 Å². The van der Waals surface area contributed by atoms with Crippen LogP contribution < -0.4 is 0 Å². The van der Waals surface area contributed by atoms with Gasteiger partial charge in [0.05, 0.1) is 0 Å². The molecule has 0 amide bonds. The van der Waals surface area contributed by atoms with Crippen LogP contribution in [0.5, 0.6) is 0 Å². The molecule has 0 bridgehead atoms. The van der Waals surface area contributed by atoms with Crippen molar-refractivity contribution >= 4 is 15.9 Å². The van der Waals surface area contributed by atoms with E-state index in [4.69, 9.17) is 4.11 Å². The molecule has 0 radical (unpaired) electrons. The van der Waals surface area contributed by atoms with E-state index in [1.54, 1.807) is 0 Å². The molecule has 0 fully saturated rings. The predicted molar refractivity (Wildman–Crippen MR) is 56.3 cm³/mol. The van der Waals surface area contributed by atoms with Crippen molar-refractivity contribution in [1.82, 2.24) is 0 Å². The summed E-state index contributed by atoms with van der Waals surface area (Å²) in [7, 11) is 0. The maximum atomic E-state index is 7.32. The van der Waals surface area contributed by atoms with E-state index in [0.29, 0.717) is 5.33 Å². The maximum Gasteiger partial charge on any atom is 0.0233 e. The largest absolute Gasteiger partial charge is 0.0925 e. The molecule has 2 atom stereocenters. The van der Waals surface area contributed by atoms with E-state index < -0.39 is 6.85 Å². The summed E-state index contributed by atoms with van der Waals surface area (Å²) >= 11 is 3.28. The monoisotopic (exact) mass is 223 g/mol. The van der Waals surface area contributed by atoms with E-state index in [0.717, 1.165) is 25.2 Å². The molecule has 68 valence electrons. The zero-order chi connectivity index (χ0) is 11.2. The van der Waals surface area contributed by atoms with E-state index >= 15 is 0 Å². The van der Waals surface area contributed by atoms with Crippen LogP contribution in [0.1, 0.15) is 50.5 Å². The molecular weight excluding hydrogens is 200 g/mol. The van der Waals surface area contributed by atoms with Gasteiger partial charge in [0.1, 0.15) is 0 Å². The number of halogens is 1. The van der Waals surface area contributed by atoms with Crippen LogP contribution in [0.15, 0.2) is 0 Å². The molecular formula is C10H21Br. The van der Waals surface area contributed by atoms with Crippen molar-refractivity contribution in [3.63, 3.8) is 0 Å². The number of hydrogen-bond donors (Lipinski definition) is 0. The van der Waals surface area contributed by atoms with Crippen molar-refractivity contribution in [3.8, 4) is 0 Å². The van der Waals surface area contributed by atoms with Gasteiger partial charge < -0.3 is 0 Å². The van der Waals surface area contributed by atoms with Gasteiger partial charge in [-0.3, -0.25) is 0 Å². The van der Waals surface area contributed by atoms with E-state index in [2.05, 4.69) is 29.8 Å². The van der Waals surface area contributed by atoms with Crippen molar-refractivity contribution < 1.29 is 4.11 Å². The van der Waals surface area contributed by atoms with Crippen LogP contribution >= 0.6 is 15.9 Å². The number of hydrogen-bond acceptors (Lipinski definition) is 0. The molecule has 0 heterocycles. The van der Waals surface area contributed by atoms with Crippen LogP contribution in [-0.4, -0.2) is 5.33 Å². The van der Waals surface area contributed by atoms with Crippen LogP contribution in [-0.2, 0) is 0 Å². The average molecular weight is 224 g/mol. The van der Waals surface area contributed by atoms with Gasteiger partial charge in [-0.05, 0) is 18.3 Å². The lowest BCUT2D eigenvalue weighted by molar-refractivity contribution is 0.452. The van der Waals surface area contributed by atoms with Crippen molar-refractivity contribution in [2.75, 3.05) is 5.33 Å². The van der Waals surface area contributed by atoms with Gasteiger partial charge in [-0.25, -0.2) is 0 Å². The summed E-state index contributed by atoms with van der Waals surface area (Å²) in [5.41, 5.74) is 0. The van der Waals surface area contributed by atoms with Gasteiger partial charge in [0.15, 0.2) is 0 Å². The zero-order valence-electron chi connectivity index (χ0n) is 10.6. The molecule has 0 aliphatic rings. The summed E-state index contributed by atoms with van der Waals surface area (Å²) in [5, 5.41) is 0.587. The molecule has 0 saturated carbocycles. The van der Waals surface area contributed by atoms with Gasteiger partial charge in [0.2, 0.25) is 0 Å². The molecule has 0 spiro atoms. The fourth-order valence-electron chi connectivity index (χ4n) is 0.994. The molecule has 11 heavy (non-hydrogen) atoms. The highest BCUT2D eigenvalue weighted by atomic mass is 79.9. The van der Waals surface area contributed by atoms with Crippen LogP contribution in [0.2, 0.25) is 0 Å². The predicted octanol–water partition coefficient (Wildman–Crippen LogP) is 4.23. The highest BCUT2D eigenvalue weighted by Gasteiger charge is 2.01. The SMILES string of the molecule is [2H]C([2H])([2H])C(CBr)CCCC(C)CC. The second-order valence-corrected chi connectivity index (χ2v) is 3.94. The third kappa shape index (κ3) is 6.86. The summed E-state index contributed by atoms with van der Waals surface area (Å²) in [6.45, 7) is 2.60. The van der Waals surface area contributed by atoms with E-state index in [1.165, 1.54) is 6.42 Å². The van der Waals surface area contributed by atoms with Gasteiger partial charge >= 0.3 is 0 Å². The second kappa shape index (κ2) is 7.15. The second-order valence-electron chi connectivity index (χ2n) is 3.30. The highest BCUT2D eigenvalue weighted by molar-refractivity contribution is 9.09. The smallest absolute Gasteiger partial charge is 0.0233 e. The first-order chi connectivity index (χ1) is 6.41. The Morgan fingerprint density at radius 1 is 1.36 bits per heavy atom. The van der Waals surface area contributed by atoms with Gasteiger partial charge in [-0.2, -0.15) is 0 Å². The Hall–Kier alpha value is 0.480. The Morgan fingerprint density at radius 3 is 2.45 bits per heavy atom. The first-order valence-electron chi connectivity index (χ1n) is 5.97. The summed E-state index contributed by atoms with van der Waals surface area (Å²) in [5.74, 6) is 0.550. The van der Waals surface area contributed by atoms with Crippen LogP contribution in [0.3, 0.4) is 0 Å². The minimum absolute atomic E-state index is 0.174. The molecule has 0 saturated heterocycles. The normalized spacial score (nSPS) is 21.5. The summed E-state index contributed by atoms with van der Waals surface area (Å²) in [6.07, 6.45) is 4.18. The van der Waals surface area contributed by atoms with Crippen molar-refractivity contribution in [3.05, 3.63) is 0 Å². The number of alkyl halides is 1. The lowest BCUT2D eigenvalue weighted by Gasteiger charge is -2.10. The molecule has 0 aromatic carbocycles. The molecule has 0 aliphatic heterocycles.